The molecule has 20 heavy (non-hydrogen) atoms. The summed E-state index contributed by atoms with van der Waals surface area (Å²) in [5.74, 6) is 0.868. The fourth-order valence-corrected chi connectivity index (χ4v) is 3.23. The lowest BCUT2D eigenvalue weighted by Gasteiger charge is -2.40. The number of piperidine rings is 1. The van der Waals surface area contributed by atoms with Gasteiger partial charge in [0.05, 0.1) is 0 Å². The van der Waals surface area contributed by atoms with Crippen LogP contribution in [0.5, 0.6) is 0 Å². The molecule has 1 aromatic carbocycles. The molecule has 0 spiro atoms. The second-order valence-corrected chi connectivity index (χ2v) is 6.52. The number of hydrogen-bond acceptors (Lipinski definition) is 1. The van der Waals surface area contributed by atoms with Crippen molar-refractivity contribution in [1.82, 2.24) is 4.90 Å². The largest absolute Gasteiger partial charge is 0.339 e. The van der Waals surface area contributed by atoms with Gasteiger partial charge in [0.15, 0.2) is 0 Å². The molecule has 0 bridgehead atoms. The van der Waals surface area contributed by atoms with Crippen LogP contribution in [-0.2, 0) is 4.79 Å². The van der Waals surface area contributed by atoms with Crippen molar-refractivity contribution in [3.63, 3.8) is 0 Å². The van der Waals surface area contributed by atoms with Crippen LogP contribution in [0.3, 0.4) is 0 Å². The summed E-state index contributed by atoms with van der Waals surface area (Å²) in [6.45, 7) is 11.4. The van der Waals surface area contributed by atoms with E-state index in [2.05, 4.69) is 43.9 Å². The van der Waals surface area contributed by atoms with Crippen LogP contribution in [0, 0.1) is 19.8 Å². The Morgan fingerprint density at radius 1 is 1.25 bits per heavy atom. The third-order valence-corrected chi connectivity index (χ3v) is 4.72. The zero-order chi connectivity index (χ0) is 14.9. The molecule has 2 rings (SSSR count). The Labute approximate surface area is 123 Å². The number of aryl methyl sites for hydroxylation is 2. The zero-order valence-electron chi connectivity index (χ0n) is 13.4. The SMILES string of the molecule is Cc1ccc([C@@H]2CCCN(C(=O)C(C)C)[C@H]2C)cc1C. The van der Waals surface area contributed by atoms with E-state index in [0.717, 1.165) is 13.0 Å². The molecule has 110 valence electrons. The summed E-state index contributed by atoms with van der Waals surface area (Å²) in [6, 6.07) is 7.06. The van der Waals surface area contributed by atoms with Crippen molar-refractivity contribution in [3.05, 3.63) is 34.9 Å². The van der Waals surface area contributed by atoms with Gasteiger partial charge in [0.25, 0.3) is 0 Å². The average Bonchev–Trinajstić information content (AvgIpc) is 2.41. The molecule has 2 atom stereocenters. The van der Waals surface area contributed by atoms with Gasteiger partial charge in [0.1, 0.15) is 0 Å². The topological polar surface area (TPSA) is 20.3 Å². The van der Waals surface area contributed by atoms with Gasteiger partial charge in [-0.15, -0.1) is 0 Å². The number of benzene rings is 1. The average molecular weight is 273 g/mol. The molecule has 0 aromatic heterocycles. The second-order valence-electron chi connectivity index (χ2n) is 6.52. The number of carbonyl (C=O) groups excluding carboxylic acids is 1. The number of rotatable bonds is 2. The standard InChI is InChI=1S/C18H27NO/c1-12(2)18(20)19-10-6-7-17(15(19)5)16-9-8-13(3)14(4)11-16/h8-9,11-12,15,17H,6-7,10H2,1-5H3/t15-,17+/m0/s1. The molecule has 1 aliphatic rings. The van der Waals surface area contributed by atoms with Gasteiger partial charge in [-0.05, 0) is 50.3 Å². The van der Waals surface area contributed by atoms with Gasteiger partial charge in [0, 0.05) is 24.4 Å². The highest BCUT2D eigenvalue weighted by Crippen LogP contribution is 2.34. The van der Waals surface area contributed by atoms with E-state index >= 15 is 0 Å². The van der Waals surface area contributed by atoms with Crippen LogP contribution in [0.15, 0.2) is 18.2 Å². The molecule has 0 saturated carbocycles. The van der Waals surface area contributed by atoms with Crippen molar-refractivity contribution in [2.75, 3.05) is 6.54 Å². The normalized spacial score (nSPS) is 23.2. The number of carbonyl (C=O) groups is 1. The first kappa shape index (κ1) is 15.1. The van der Waals surface area contributed by atoms with Gasteiger partial charge in [-0.25, -0.2) is 0 Å². The summed E-state index contributed by atoms with van der Waals surface area (Å²) in [5.41, 5.74) is 4.08. The second kappa shape index (κ2) is 5.99. The first-order valence-electron chi connectivity index (χ1n) is 7.79. The molecule has 0 N–H and O–H groups in total. The van der Waals surface area contributed by atoms with Crippen LogP contribution >= 0.6 is 0 Å². The third kappa shape index (κ3) is 2.89. The van der Waals surface area contributed by atoms with Crippen molar-refractivity contribution >= 4 is 5.91 Å². The van der Waals surface area contributed by atoms with Crippen molar-refractivity contribution in [1.29, 1.82) is 0 Å². The molecule has 2 nitrogen and oxygen atoms in total. The summed E-state index contributed by atoms with van der Waals surface area (Å²) in [5, 5.41) is 0. The molecule has 0 unspecified atom stereocenters. The predicted molar refractivity (Wildman–Crippen MR) is 83.9 cm³/mol. The van der Waals surface area contributed by atoms with Crippen molar-refractivity contribution in [3.8, 4) is 0 Å². The summed E-state index contributed by atoms with van der Waals surface area (Å²) in [7, 11) is 0. The van der Waals surface area contributed by atoms with E-state index in [-0.39, 0.29) is 5.92 Å². The van der Waals surface area contributed by atoms with Gasteiger partial charge < -0.3 is 4.90 Å². The van der Waals surface area contributed by atoms with E-state index in [4.69, 9.17) is 0 Å². The van der Waals surface area contributed by atoms with Crippen molar-refractivity contribution < 1.29 is 4.79 Å². The third-order valence-electron chi connectivity index (χ3n) is 4.72. The number of likely N-dealkylation sites (tertiary alicyclic amines) is 1. The minimum Gasteiger partial charge on any atom is -0.339 e. The van der Waals surface area contributed by atoms with Crippen molar-refractivity contribution in [2.24, 2.45) is 5.92 Å². The van der Waals surface area contributed by atoms with Crippen LogP contribution in [0.25, 0.3) is 0 Å². The molecular formula is C18H27NO. The minimum atomic E-state index is 0.0935. The van der Waals surface area contributed by atoms with E-state index in [1.165, 1.54) is 23.1 Å². The van der Waals surface area contributed by atoms with Crippen LogP contribution in [-0.4, -0.2) is 23.4 Å². The van der Waals surface area contributed by atoms with Gasteiger partial charge in [-0.3, -0.25) is 4.79 Å². The summed E-state index contributed by atoms with van der Waals surface area (Å²) in [4.78, 5) is 14.4. The van der Waals surface area contributed by atoms with Gasteiger partial charge in [-0.1, -0.05) is 32.0 Å². The molecule has 1 fully saturated rings. The van der Waals surface area contributed by atoms with Crippen LogP contribution < -0.4 is 0 Å². The molecule has 1 aliphatic heterocycles. The van der Waals surface area contributed by atoms with E-state index in [0.29, 0.717) is 17.9 Å². The molecule has 0 radical (unpaired) electrons. The maximum absolute atomic E-state index is 12.3. The molecule has 1 amide bonds. The van der Waals surface area contributed by atoms with E-state index in [1.54, 1.807) is 0 Å². The predicted octanol–water partition coefficient (Wildman–Crippen LogP) is 4.05. The maximum Gasteiger partial charge on any atom is 0.225 e. The maximum atomic E-state index is 12.3. The monoisotopic (exact) mass is 273 g/mol. The Morgan fingerprint density at radius 3 is 2.55 bits per heavy atom. The Kier molecular flexibility index (Phi) is 4.52. The Morgan fingerprint density at radius 2 is 1.95 bits per heavy atom. The Balaban J connectivity index is 2.23. The van der Waals surface area contributed by atoms with Gasteiger partial charge in [-0.2, -0.15) is 0 Å². The molecule has 1 saturated heterocycles. The van der Waals surface area contributed by atoms with E-state index in [9.17, 15) is 4.79 Å². The number of hydrogen-bond donors (Lipinski definition) is 0. The highest BCUT2D eigenvalue weighted by atomic mass is 16.2. The first-order chi connectivity index (χ1) is 9.41. The van der Waals surface area contributed by atoms with Crippen LogP contribution in [0.2, 0.25) is 0 Å². The summed E-state index contributed by atoms with van der Waals surface area (Å²) in [6.07, 6.45) is 2.30. The molecule has 1 aromatic rings. The molecule has 1 heterocycles. The summed E-state index contributed by atoms with van der Waals surface area (Å²) >= 11 is 0. The highest BCUT2D eigenvalue weighted by Gasteiger charge is 2.32. The Bertz CT molecular complexity index is 492. The molecular weight excluding hydrogens is 246 g/mol. The fraction of sp³-hybridized carbons (Fsp3) is 0.611. The van der Waals surface area contributed by atoms with Gasteiger partial charge in [0.2, 0.25) is 5.91 Å². The Hall–Kier alpha value is -1.31. The lowest BCUT2D eigenvalue weighted by atomic mass is 9.83. The highest BCUT2D eigenvalue weighted by molar-refractivity contribution is 5.78. The minimum absolute atomic E-state index is 0.0935. The number of nitrogens with zero attached hydrogens (tertiary/aromatic N) is 1. The summed E-state index contributed by atoms with van der Waals surface area (Å²) < 4.78 is 0. The first-order valence-corrected chi connectivity index (χ1v) is 7.79. The molecule has 0 aliphatic carbocycles. The van der Waals surface area contributed by atoms with E-state index < -0.39 is 0 Å². The fourth-order valence-electron chi connectivity index (χ4n) is 3.23. The van der Waals surface area contributed by atoms with Gasteiger partial charge >= 0.3 is 0 Å². The molecule has 2 heteroatoms. The van der Waals surface area contributed by atoms with Crippen molar-refractivity contribution in [2.45, 2.75) is 59.4 Å². The van der Waals surface area contributed by atoms with E-state index in [1.807, 2.05) is 13.8 Å². The van der Waals surface area contributed by atoms with Crippen LogP contribution in [0.1, 0.15) is 56.2 Å². The number of amides is 1. The lowest BCUT2D eigenvalue weighted by molar-refractivity contribution is -0.138. The smallest absolute Gasteiger partial charge is 0.225 e. The quantitative estimate of drug-likeness (QED) is 0.796. The lowest BCUT2D eigenvalue weighted by Crippen LogP contribution is -2.47. The van der Waals surface area contributed by atoms with Crippen LogP contribution in [0.4, 0.5) is 0 Å². The zero-order valence-corrected chi connectivity index (χ0v) is 13.4.